The first-order chi connectivity index (χ1) is 7.81. The molecule has 94 valence electrons. The van der Waals surface area contributed by atoms with Crippen LogP contribution >= 0.6 is 0 Å². The quantitative estimate of drug-likeness (QED) is 0.786. The van der Waals surface area contributed by atoms with E-state index >= 15 is 0 Å². The van der Waals surface area contributed by atoms with Gasteiger partial charge < -0.3 is 15.0 Å². The highest BCUT2D eigenvalue weighted by Crippen LogP contribution is 2.27. The third kappa shape index (κ3) is 2.96. The van der Waals surface area contributed by atoms with E-state index < -0.39 is 0 Å². The molecule has 0 aromatic heterocycles. The largest absolute Gasteiger partial charge is 0.381 e. The Morgan fingerprint density at radius 1 is 1.19 bits per heavy atom. The predicted molar refractivity (Wildman–Crippen MR) is 66.7 cm³/mol. The fourth-order valence-electron chi connectivity index (χ4n) is 3.28. The second kappa shape index (κ2) is 5.99. The summed E-state index contributed by atoms with van der Waals surface area (Å²) in [7, 11) is 4.40. The van der Waals surface area contributed by atoms with E-state index in [0.717, 1.165) is 31.2 Å². The minimum Gasteiger partial charge on any atom is -0.381 e. The Labute approximate surface area is 99.5 Å². The van der Waals surface area contributed by atoms with E-state index in [1.54, 1.807) is 0 Å². The summed E-state index contributed by atoms with van der Waals surface area (Å²) in [4.78, 5) is 2.57. The van der Waals surface area contributed by atoms with Gasteiger partial charge in [0.15, 0.2) is 0 Å². The van der Waals surface area contributed by atoms with Gasteiger partial charge in [-0.15, -0.1) is 0 Å². The summed E-state index contributed by atoms with van der Waals surface area (Å²) < 4.78 is 5.42. The summed E-state index contributed by atoms with van der Waals surface area (Å²) in [5, 5.41) is 3.47. The Balaban J connectivity index is 1.78. The molecule has 0 amide bonds. The van der Waals surface area contributed by atoms with Gasteiger partial charge in [0.2, 0.25) is 0 Å². The zero-order valence-corrected chi connectivity index (χ0v) is 10.7. The molecule has 0 radical (unpaired) electrons. The lowest BCUT2D eigenvalue weighted by Crippen LogP contribution is -2.42. The first-order valence-electron chi connectivity index (χ1n) is 6.76. The van der Waals surface area contributed by atoms with Gasteiger partial charge in [-0.3, -0.25) is 0 Å². The molecule has 1 aliphatic carbocycles. The molecule has 0 aromatic rings. The van der Waals surface area contributed by atoms with Crippen LogP contribution in [0, 0.1) is 5.92 Å². The maximum Gasteiger partial charge on any atom is 0.0480 e. The lowest BCUT2D eigenvalue weighted by Gasteiger charge is -2.34. The zero-order valence-electron chi connectivity index (χ0n) is 10.7. The third-order valence-electron chi connectivity index (χ3n) is 4.37. The van der Waals surface area contributed by atoms with E-state index in [9.17, 15) is 0 Å². The van der Waals surface area contributed by atoms with Gasteiger partial charge in [-0.2, -0.15) is 0 Å². The SMILES string of the molecule is CNC1CCCC1CN(C)C1CCOCC1. The summed E-state index contributed by atoms with van der Waals surface area (Å²) in [6, 6.07) is 1.51. The van der Waals surface area contributed by atoms with Crippen LogP contribution in [0.5, 0.6) is 0 Å². The van der Waals surface area contributed by atoms with Crippen molar-refractivity contribution in [3.8, 4) is 0 Å². The normalized spacial score (nSPS) is 32.4. The van der Waals surface area contributed by atoms with Crippen molar-refractivity contribution in [3.63, 3.8) is 0 Å². The number of rotatable bonds is 4. The highest BCUT2D eigenvalue weighted by Gasteiger charge is 2.29. The Morgan fingerprint density at radius 3 is 2.62 bits per heavy atom. The molecule has 1 N–H and O–H groups in total. The van der Waals surface area contributed by atoms with Gasteiger partial charge in [0.25, 0.3) is 0 Å². The molecule has 1 aliphatic heterocycles. The molecule has 1 saturated carbocycles. The molecule has 3 nitrogen and oxygen atoms in total. The van der Waals surface area contributed by atoms with Crippen molar-refractivity contribution in [1.82, 2.24) is 10.2 Å². The van der Waals surface area contributed by atoms with E-state index in [1.165, 1.54) is 38.6 Å². The molecule has 1 saturated heterocycles. The minimum absolute atomic E-state index is 0.752. The average Bonchev–Trinajstić information content (AvgIpc) is 2.77. The van der Waals surface area contributed by atoms with Crippen LogP contribution in [0.2, 0.25) is 0 Å². The van der Waals surface area contributed by atoms with Crippen molar-refractivity contribution >= 4 is 0 Å². The molecule has 3 heteroatoms. The molecule has 2 atom stereocenters. The van der Waals surface area contributed by atoms with Gasteiger partial charge >= 0.3 is 0 Å². The van der Waals surface area contributed by atoms with Crippen LogP contribution < -0.4 is 5.32 Å². The van der Waals surface area contributed by atoms with Crippen LogP contribution in [-0.4, -0.2) is 50.8 Å². The second-order valence-corrected chi connectivity index (χ2v) is 5.37. The first kappa shape index (κ1) is 12.3. The Hall–Kier alpha value is -0.120. The summed E-state index contributed by atoms with van der Waals surface area (Å²) >= 11 is 0. The monoisotopic (exact) mass is 226 g/mol. The zero-order chi connectivity index (χ0) is 11.4. The highest BCUT2D eigenvalue weighted by atomic mass is 16.5. The van der Waals surface area contributed by atoms with Crippen LogP contribution in [0.1, 0.15) is 32.1 Å². The van der Waals surface area contributed by atoms with Crippen LogP contribution in [-0.2, 0) is 4.74 Å². The van der Waals surface area contributed by atoms with Crippen molar-refractivity contribution in [3.05, 3.63) is 0 Å². The van der Waals surface area contributed by atoms with Crippen LogP contribution in [0.3, 0.4) is 0 Å². The molecule has 2 rings (SSSR count). The third-order valence-corrected chi connectivity index (χ3v) is 4.37. The Bertz CT molecular complexity index is 204. The number of nitrogens with zero attached hydrogens (tertiary/aromatic N) is 1. The highest BCUT2D eigenvalue weighted by molar-refractivity contribution is 4.85. The topological polar surface area (TPSA) is 24.5 Å². The van der Waals surface area contributed by atoms with Gasteiger partial charge in [-0.25, -0.2) is 0 Å². The summed E-state index contributed by atoms with van der Waals surface area (Å²) in [5.41, 5.74) is 0. The van der Waals surface area contributed by atoms with Gasteiger partial charge in [0, 0.05) is 31.8 Å². The molecule has 0 bridgehead atoms. The summed E-state index contributed by atoms with van der Waals surface area (Å²) in [6.07, 6.45) is 6.60. The molecular weight excluding hydrogens is 200 g/mol. The number of ether oxygens (including phenoxy) is 1. The lowest BCUT2D eigenvalue weighted by atomic mass is 10.0. The van der Waals surface area contributed by atoms with Gasteiger partial charge in [-0.1, -0.05) is 6.42 Å². The van der Waals surface area contributed by atoms with E-state index in [2.05, 4.69) is 24.3 Å². The molecule has 1 heterocycles. The smallest absolute Gasteiger partial charge is 0.0480 e. The maximum atomic E-state index is 5.42. The molecule has 2 aliphatic rings. The van der Waals surface area contributed by atoms with Crippen molar-refractivity contribution in [2.45, 2.75) is 44.2 Å². The predicted octanol–water partition coefficient (Wildman–Crippen LogP) is 1.49. The summed E-state index contributed by atoms with van der Waals surface area (Å²) in [6.45, 7) is 3.17. The minimum atomic E-state index is 0.752. The van der Waals surface area contributed by atoms with Crippen molar-refractivity contribution in [1.29, 1.82) is 0 Å². The molecule has 16 heavy (non-hydrogen) atoms. The molecule has 2 fully saturated rings. The van der Waals surface area contributed by atoms with Gasteiger partial charge in [0.05, 0.1) is 0 Å². The van der Waals surface area contributed by atoms with Crippen molar-refractivity contribution < 1.29 is 4.74 Å². The van der Waals surface area contributed by atoms with Crippen LogP contribution in [0.4, 0.5) is 0 Å². The van der Waals surface area contributed by atoms with E-state index in [4.69, 9.17) is 4.74 Å². The standard InChI is InChI=1S/C13H26N2O/c1-14-13-5-3-4-11(13)10-15(2)12-6-8-16-9-7-12/h11-14H,3-10H2,1-2H3. The lowest BCUT2D eigenvalue weighted by molar-refractivity contribution is 0.0373. The van der Waals surface area contributed by atoms with Crippen molar-refractivity contribution in [2.24, 2.45) is 5.92 Å². The van der Waals surface area contributed by atoms with Crippen LogP contribution in [0.25, 0.3) is 0 Å². The fraction of sp³-hybridized carbons (Fsp3) is 1.00. The molecular formula is C13H26N2O. The van der Waals surface area contributed by atoms with E-state index in [-0.39, 0.29) is 0 Å². The van der Waals surface area contributed by atoms with E-state index in [0.29, 0.717) is 0 Å². The Kier molecular flexibility index (Phi) is 4.62. The molecule has 2 unspecified atom stereocenters. The average molecular weight is 226 g/mol. The van der Waals surface area contributed by atoms with Crippen LogP contribution in [0.15, 0.2) is 0 Å². The fourth-order valence-corrected chi connectivity index (χ4v) is 3.28. The van der Waals surface area contributed by atoms with Gasteiger partial charge in [-0.05, 0) is 45.7 Å². The first-order valence-corrected chi connectivity index (χ1v) is 6.76. The molecule has 0 spiro atoms. The van der Waals surface area contributed by atoms with Crippen molar-refractivity contribution in [2.75, 3.05) is 33.9 Å². The second-order valence-electron chi connectivity index (χ2n) is 5.37. The number of hydrogen-bond acceptors (Lipinski definition) is 3. The Morgan fingerprint density at radius 2 is 1.94 bits per heavy atom. The number of hydrogen-bond donors (Lipinski definition) is 1. The molecule has 0 aromatic carbocycles. The summed E-state index contributed by atoms with van der Waals surface area (Å²) in [5.74, 6) is 0.859. The number of nitrogens with one attached hydrogen (secondary N) is 1. The van der Waals surface area contributed by atoms with E-state index in [1.807, 2.05) is 0 Å². The maximum absolute atomic E-state index is 5.42. The van der Waals surface area contributed by atoms with Gasteiger partial charge in [0.1, 0.15) is 0 Å².